The second-order valence-electron chi connectivity index (χ2n) is 10.6. The number of guanidine groups is 2. The van der Waals surface area contributed by atoms with Crippen LogP contribution in [0.1, 0.15) is 34.3 Å². The monoisotopic (exact) mass is 525 g/mol. The van der Waals surface area contributed by atoms with Gasteiger partial charge in [-0.25, -0.2) is 4.79 Å². The van der Waals surface area contributed by atoms with Gasteiger partial charge >= 0.3 is 6.03 Å². The van der Waals surface area contributed by atoms with Gasteiger partial charge in [-0.2, -0.15) is 0 Å². The van der Waals surface area contributed by atoms with Gasteiger partial charge in [-0.15, -0.1) is 0 Å². The number of nitrogens with zero attached hydrogens (tertiary/aromatic N) is 3. The third-order valence-corrected chi connectivity index (χ3v) is 8.45. The van der Waals surface area contributed by atoms with E-state index < -0.39 is 47.4 Å². The van der Waals surface area contributed by atoms with Crippen molar-refractivity contribution in [1.29, 1.82) is 10.8 Å². The number of urea groups is 1. The lowest BCUT2D eigenvalue weighted by molar-refractivity contribution is -0.232. The molecule has 1 aromatic carbocycles. The topological polar surface area (TPSA) is 197 Å². The Balaban J connectivity index is 1.30. The fraction of sp³-hybridized carbons (Fsp3) is 0.542. The van der Waals surface area contributed by atoms with Crippen molar-refractivity contribution >= 4 is 29.8 Å². The number of carbonyl (C=O) groups excluding carboxylic acids is 3. The van der Waals surface area contributed by atoms with Crippen LogP contribution >= 0.6 is 0 Å². The van der Waals surface area contributed by atoms with Crippen molar-refractivity contribution in [2.45, 2.75) is 55.3 Å². The summed E-state index contributed by atoms with van der Waals surface area (Å²) in [4.78, 5) is 42.0. The summed E-state index contributed by atoms with van der Waals surface area (Å²) >= 11 is 0. The predicted molar refractivity (Wildman–Crippen MR) is 133 cm³/mol. The summed E-state index contributed by atoms with van der Waals surface area (Å²) in [6.45, 7) is -0.362. The molecule has 4 amide bonds. The molecule has 1 aliphatic carbocycles. The molecule has 5 aliphatic rings. The maximum absolute atomic E-state index is 13.4. The van der Waals surface area contributed by atoms with Gasteiger partial charge in [0.1, 0.15) is 12.6 Å². The number of amides is 4. The van der Waals surface area contributed by atoms with Gasteiger partial charge in [-0.1, -0.05) is 12.1 Å². The first-order valence-corrected chi connectivity index (χ1v) is 12.7. The molecular weight excluding hydrogens is 494 g/mol. The van der Waals surface area contributed by atoms with Crippen LogP contribution in [0.5, 0.6) is 0 Å². The molecule has 6 rings (SSSR count). The van der Waals surface area contributed by atoms with E-state index >= 15 is 0 Å². The Bertz CT molecular complexity index is 1270. The summed E-state index contributed by atoms with van der Waals surface area (Å²) in [6.07, 6.45) is 3.69. The SMILES string of the molecule is CN1CC(=O)N(CC2NC(=N)N3CC(NC(=O)c4cccc5c4CCCC5)C(O)(O)C34NC(=N)NC24)C1=O. The van der Waals surface area contributed by atoms with E-state index in [1.807, 2.05) is 12.1 Å². The van der Waals surface area contributed by atoms with Crippen LogP contribution in [-0.2, 0) is 17.6 Å². The minimum atomic E-state index is -2.64. The molecule has 0 radical (unpaired) electrons. The van der Waals surface area contributed by atoms with Crippen LogP contribution in [-0.4, -0.2) is 111 Å². The third-order valence-electron chi connectivity index (χ3n) is 8.45. The molecule has 4 aliphatic heterocycles. The molecular formula is C24H31N9O5. The second-order valence-corrected chi connectivity index (χ2v) is 10.6. The highest BCUT2D eigenvalue weighted by Crippen LogP contribution is 2.43. The van der Waals surface area contributed by atoms with Crippen LogP contribution in [0.2, 0.25) is 0 Å². The van der Waals surface area contributed by atoms with Gasteiger partial charge in [-0.05, 0) is 42.9 Å². The van der Waals surface area contributed by atoms with E-state index in [0.717, 1.165) is 41.7 Å². The van der Waals surface area contributed by atoms with E-state index in [1.165, 1.54) is 16.8 Å². The van der Waals surface area contributed by atoms with Crippen LogP contribution < -0.4 is 21.3 Å². The quantitative estimate of drug-likeness (QED) is 0.157. The Morgan fingerprint density at radius 1 is 1.18 bits per heavy atom. The fourth-order valence-corrected chi connectivity index (χ4v) is 6.61. The van der Waals surface area contributed by atoms with Crippen molar-refractivity contribution in [3.8, 4) is 0 Å². The number of fused-ring (bicyclic) bond motifs is 1. The highest BCUT2D eigenvalue weighted by Gasteiger charge is 2.74. The molecule has 14 nitrogen and oxygen atoms in total. The van der Waals surface area contributed by atoms with Crippen LogP contribution in [0, 0.1) is 10.8 Å². The van der Waals surface area contributed by atoms with E-state index in [1.54, 1.807) is 6.07 Å². The van der Waals surface area contributed by atoms with Crippen molar-refractivity contribution in [2.24, 2.45) is 0 Å². The molecule has 202 valence electrons. The Morgan fingerprint density at radius 2 is 1.95 bits per heavy atom. The van der Waals surface area contributed by atoms with Gasteiger partial charge in [0, 0.05) is 19.2 Å². The van der Waals surface area contributed by atoms with Crippen LogP contribution in [0.15, 0.2) is 18.2 Å². The van der Waals surface area contributed by atoms with Crippen molar-refractivity contribution in [1.82, 2.24) is 36.0 Å². The van der Waals surface area contributed by atoms with Gasteiger partial charge in [-0.3, -0.25) is 25.3 Å². The maximum Gasteiger partial charge on any atom is 0.327 e. The number of benzene rings is 1. The van der Waals surface area contributed by atoms with E-state index in [2.05, 4.69) is 21.3 Å². The third kappa shape index (κ3) is 3.29. The number of carbonyl (C=O) groups is 3. The molecule has 0 bridgehead atoms. The summed E-state index contributed by atoms with van der Waals surface area (Å²) in [6, 6.07) is 2.06. The molecule has 4 fully saturated rings. The molecule has 14 heteroatoms. The number of likely N-dealkylation sites (N-methyl/N-ethyl adjacent to an activating group) is 1. The number of aliphatic hydroxyl groups is 2. The first-order chi connectivity index (χ1) is 18.0. The van der Waals surface area contributed by atoms with Gasteiger partial charge in [0.15, 0.2) is 17.6 Å². The maximum atomic E-state index is 13.4. The number of hydrogen-bond acceptors (Lipinski definition) is 7. The molecule has 8 N–H and O–H groups in total. The summed E-state index contributed by atoms with van der Waals surface area (Å²) in [5, 5.41) is 51.6. The molecule has 1 aromatic rings. The highest BCUT2D eigenvalue weighted by molar-refractivity contribution is 6.02. The summed E-state index contributed by atoms with van der Waals surface area (Å²) < 4.78 is 0. The van der Waals surface area contributed by atoms with Crippen molar-refractivity contribution in [3.05, 3.63) is 34.9 Å². The first-order valence-electron chi connectivity index (χ1n) is 12.7. The van der Waals surface area contributed by atoms with E-state index in [4.69, 9.17) is 10.8 Å². The van der Waals surface area contributed by atoms with E-state index in [9.17, 15) is 24.6 Å². The van der Waals surface area contributed by atoms with Gasteiger partial charge in [0.25, 0.3) is 5.91 Å². The summed E-state index contributed by atoms with van der Waals surface area (Å²) in [5.41, 5.74) is 0.754. The van der Waals surface area contributed by atoms with Gasteiger partial charge < -0.3 is 41.3 Å². The minimum absolute atomic E-state index is 0.0757. The number of imide groups is 1. The largest absolute Gasteiger partial charge is 0.361 e. The standard InChI is InChI=1S/C24H31N9O5/c1-31-11-17(34)32(22(31)36)9-15-18-23(30-20(25)29-18)24(37,38)16(10-33(23)21(26)27-15)28-19(35)14-8-4-6-12-5-2-3-7-13(12)14/h4,6,8,15-16,18,37-38H,2-3,5,7,9-11H2,1H3,(H2,26,27)(H,28,35)(H3,25,29,30). The average molecular weight is 526 g/mol. The van der Waals surface area contributed by atoms with Crippen LogP contribution in [0.4, 0.5) is 4.79 Å². The fourth-order valence-electron chi connectivity index (χ4n) is 6.61. The molecule has 4 atom stereocenters. The van der Waals surface area contributed by atoms with Gasteiger partial charge in [0.05, 0.1) is 18.6 Å². The average Bonchev–Trinajstić information content (AvgIpc) is 3.44. The lowest BCUT2D eigenvalue weighted by Gasteiger charge is -2.51. The zero-order valence-electron chi connectivity index (χ0n) is 20.9. The van der Waals surface area contributed by atoms with Crippen LogP contribution in [0.25, 0.3) is 0 Å². The molecule has 4 unspecified atom stereocenters. The predicted octanol–water partition coefficient (Wildman–Crippen LogP) is -2.35. The molecule has 0 saturated carbocycles. The first kappa shape index (κ1) is 24.4. The lowest BCUT2D eigenvalue weighted by atomic mass is 9.84. The van der Waals surface area contributed by atoms with E-state index in [0.29, 0.717) is 5.56 Å². The van der Waals surface area contributed by atoms with Crippen LogP contribution in [0.3, 0.4) is 0 Å². The Kier molecular flexibility index (Phi) is 5.33. The Morgan fingerprint density at radius 3 is 2.68 bits per heavy atom. The highest BCUT2D eigenvalue weighted by atomic mass is 16.5. The minimum Gasteiger partial charge on any atom is -0.361 e. The molecule has 0 aromatic heterocycles. The molecule has 4 saturated heterocycles. The number of aryl methyl sites for hydroxylation is 1. The molecule has 1 spiro atoms. The lowest BCUT2D eigenvalue weighted by Crippen LogP contribution is -2.81. The molecule has 38 heavy (non-hydrogen) atoms. The normalized spacial score (nSPS) is 31.3. The van der Waals surface area contributed by atoms with Gasteiger partial charge in [0.2, 0.25) is 11.7 Å². The van der Waals surface area contributed by atoms with Crippen molar-refractivity contribution in [3.63, 3.8) is 0 Å². The second kappa shape index (κ2) is 8.30. The zero-order valence-corrected chi connectivity index (χ0v) is 20.9. The Labute approximate surface area is 218 Å². The number of nitrogens with one attached hydrogen (secondary N) is 6. The van der Waals surface area contributed by atoms with E-state index in [-0.39, 0.29) is 31.6 Å². The van der Waals surface area contributed by atoms with Crippen molar-refractivity contribution < 1.29 is 24.6 Å². The number of hydrogen-bond donors (Lipinski definition) is 8. The smallest absolute Gasteiger partial charge is 0.327 e. The number of rotatable bonds is 4. The van der Waals surface area contributed by atoms with Crippen molar-refractivity contribution in [2.75, 3.05) is 26.7 Å². The zero-order chi connectivity index (χ0) is 27.0. The molecule has 4 heterocycles. The Hall–Kier alpha value is -3.91. The summed E-state index contributed by atoms with van der Waals surface area (Å²) in [7, 11) is 1.51. The summed E-state index contributed by atoms with van der Waals surface area (Å²) in [5.74, 6) is -3.90.